The number of anilines is 1. The predicted molar refractivity (Wildman–Crippen MR) is 73.8 cm³/mol. The molecule has 0 saturated carbocycles. The van der Waals surface area contributed by atoms with E-state index in [0.717, 1.165) is 15.7 Å². The number of carbonyl (C=O) groups excluding carboxylic acids is 1. The second-order valence-corrected chi connectivity index (χ2v) is 4.63. The van der Waals surface area contributed by atoms with E-state index >= 15 is 0 Å². The van der Waals surface area contributed by atoms with E-state index in [2.05, 4.69) is 32.5 Å². The van der Waals surface area contributed by atoms with Crippen LogP contribution in [0.3, 0.4) is 0 Å². The van der Waals surface area contributed by atoms with Crippen LogP contribution < -0.4 is 10.6 Å². The summed E-state index contributed by atoms with van der Waals surface area (Å²) < 4.78 is 0.939. The van der Waals surface area contributed by atoms with Gasteiger partial charge >= 0.3 is 0 Å². The number of carbonyl (C=O) groups is 1. The molecule has 1 amide bonds. The Balaban J connectivity index is 2.65. The standard InChI is InChI=1S/C13H15BrN2O/c1-4-7-15-13(17)10(3)16-12-6-5-9(2)8-11(12)14/h1,5-6,8,10,16H,7H2,2-3H3,(H,15,17). The van der Waals surface area contributed by atoms with Crippen molar-refractivity contribution in [2.45, 2.75) is 19.9 Å². The number of nitrogens with one attached hydrogen (secondary N) is 2. The van der Waals surface area contributed by atoms with Crippen molar-refractivity contribution in [1.82, 2.24) is 5.32 Å². The number of halogens is 1. The maximum absolute atomic E-state index is 11.6. The highest BCUT2D eigenvalue weighted by atomic mass is 79.9. The molecule has 0 aliphatic heterocycles. The van der Waals surface area contributed by atoms with Crippen molar-refractivity contribution in [2.24, 2.45) is 0 Å². The topological polar surface area (TPSA) is 41.1 Å². The van der Waals surface area contributed by atoms with Crippen LogP contribution in [-0.2, 0) is 4.79 Å². The molecule has 0 heterocycles. The Morgan fingerprint density at radius 2 is 2.29 bits per heavy atom. The van der Waals surface area contributed by atoms with Gasteiger partial charge in [-0.25, -0.2) is 0 Å². The number of hydrogen-bond donors (Lipinski definition) is 2. The molecule has 0 aromatic heterocycles. The van der Waals surface area contributed by atoms with Crippen molar-refractivity contribution >= 4 is 27.5 Å². The summed E-state index contributed by atoms with van der Waals surface area (Å²) >= 11 is 3.45. The normalized spacial score (nSPS) is 11.4. The fourth-order valence-corrected chi connectivity index (χ4v) is 1.93. The summed E-state index contributed by atoms with van der Waals surface area (Å²) in [6.45, 7) is 4.05. The number of amides is 1. The molecule has 1 rings (SSSR count). The van der Waals surface area contributed by atoms with Gasteiger partial charge in [0, 0.05) is 10.2 Å². The molecule has 1 atom stereocenters. The minimum absolute atomic E-state index is 0.115. The van der Waals surface area contributed by atoms with E-state index in [1.54, 1.807) is 6.92 Å². The van der Waals surface area contributed by atoms with E-state index in [1.165, 1.54) is 0 Å². The van der Waals surface area contributed by atoms with E-state index < -0.39 is 0 Å². The van der Waals surface area contributed by atoms with Crippen molar-refractivity contribution in [3.05, 3.63) is 28.2 Å². The van der Waals surface area contributed by atoms with Gasteiger partial charge in [0.1, 0.15) is 6.04 Å². The maximum atomic E-state index is 11.6. The van der Waals surface area contributed by atoms with Crippen LogP contribution in [0.25, 0.3) is 0 Å². The second kappa shape index (κ2) is 6.31. The monoisotopic (exact) mass is 294 g/mol. The summed E-state index contributed by atoms with van der Waals surface area (Å²) in [4.78, 5) is 11.6. The molecule has 1 aromatic rings. The van der Waals surface area contributed by atoms with Crippen LogP contribution in [-0.4, -0.2) is 18.5 Å². The third-order valence-electron chi connectivity index (χ3n) is 2.25. The Kier molecular flexibility index (Phi) is 5.05. The predicted octanol–water partition coefficient (Wildman–Crippen LogP) is 2.31. The van der Waals surface area contributed by atoms with Gasteiger partial charge in [-0.1, -0.05) is 12.0 Å². The lowest BCUT2D eigenvalue weighted by molar-refractivity contribution is -0.121. The molecule has 4 heteroatoms. The first-order chi connectivity index (χ1) is 8.04. The summed E-state index contributed by atoms with van der Waals surface area (Å²) in [5, 5.41) is 5.75. The van der Waals surface area contributed by atoms with Crippen molar-refractivity contribution in [3.8, 4) is 12.3 Å². The molecule has 1 aromatic carbocycles. The molecule has 90 valence electrons. The van der Waals surface area contributed by atoms with Crippen molar-refractivity contribution in [1.29, 1.82) is 0 Å². The van der Waals surface area contributed by atoms with Gasteiger partial charge in [0.2, 0.25) is 5.91 Å². The molecule has 0 spiro atoms. The molecule has 0 saturated heterocycles. The molecule has 2 N–H and O–H groups in total. The third kappa shape index (κ3) is 4.12. The van der Waals surface area contributed by atoms with Crippen LogP contribution in [0.4, 0.5) is 5.69 Å². The van der Waals surface area contributed by atoms with Crippen LogP contribution in [0.1, 0.15) is 12.5 Å². The molecule has 1 unspecified atom stereocenters. The van der Waals surface area contributed by atoms with Crippen LogP contribution in [0, 0.1) is 19.3 Å². The highest BCUT2D eigenvalue weighted by molar-refractivity contribution is 9.10. The fourth-order valence-electron chi connectivity index (χ4n) is 1.33. The SMILES string of the molecule is C#CCNC(=O)C(C)Nc1ccc(C)cc1Br. The molecule has 0 bridgehead atoms. The van der Waals surface area contributed by atoms with Gasteiger partial charge in [0.15, 0.2) is 0 Å². The number of aryl methyl sites for hydroxylation is 1. The lowest BCUT2D eigenvalue weighted by Crippen LogP contribution is -2.37. The minimum Gasteiger partial charge on any atom is -0.373 e. The molecule has 0 fully saturated rings. The van der Waals surface area contributed by atoms with Crippen molar-refractivity contribution < 1.29 is 4.79 Å². The Labute approximate surface area is 110 Å². The number of benzene rings is 1. The van der Waals surface area contributed by atoms with Crippen LogP contribution in [0.5, 0.6) is 0 Å². The summed E-state index contributed by atoms with van der Waals surface area (Å²) in [5.41, 5.74) is 2.05. The first-order valence-electron chi connectivity index (χ1n) is 5.28. The van der Waals surface area contributed by atoms with E-state index in [9.17, 15) is 4.79 Å². The number of terminal acetylenes is 1. The molecule has 0 aliphatic carbocycles. The summed E-state index contributed by atoms with van der Waals surface area (Å²) in [6.07, 6.45) is 5.08. The summed E-state index contributed by atoms with van der Waals surface area (Å²) in [6, 6.07) is 5.58. The Hall–Kier alpha value is -1.47. The van der Waals surface area contributed by atoms with Crippen LogP contribution in [0.15, 0.2) is 22.7 Å². The van der Waals surface area contributed by atoms with Gasteiger partial charge in [-0.05, 0) is 47.5 Å². The van der Waals surface area contributed by atoms with E-state index in [4.69, 9.17) is 6.42 Å². The first-order valence-corrected chi connectivity index (χ1v) is 6.07. The van der Waals surface area contributed by atoms with Gasteiger partial charge in [0.05, 0.1) is 6.54 Å². The van der Waals surface area contributed by atoms with Crippen LogP contribution in [0.2, 0.25) is 0 Å². The average Bonchev–Trinajstić information content (AvgIpc) is 2.29. The molecule has 0 radical (unpaired) electrons. The molecular formula is C13H15BrN2O. The van der Waals surface area contributed by atoms with Crippen molar-refractivity contribution in [2.75, 3.05) is 11.9 Å². The van der Waals surface area contributed by atoms with Gasteiger partial charge in [0.25, 0.3) is 0 Å². The fraction of sp³-hybridized carbons (Fsp3) is 0.308. The summed E-state index contributed by atoms with van der Waals surface area (Å²) in [7, 11) is 0. The Morgan fingerprint density at radius 1 is 1.59 bits per heavy atom. The summed E-state index contributed by atoms with van der Waals surface area (Å²) in [5.74, 6) is 2.25. The van der Waals surface area contributed by atoms with Gasteiger partial charge in [-0.2, -0.15) is 0 Å². The smallest absolute Gasteiger partial charge is 0.242 e. The van der Waals surface area contributed by atoms with E-state index in [0.29, 0.717) is 0 Å². The molecule has 17 heavy (non-hydrogen) atoms. The van der Waals surface area contributed by atoms with Gasteiger partial charge in [-0.15, -0.1) is 6.42 Å². The lowest BCUT2D eigenvalue weighted by Gasteiger charge is -2.15. The molecular weight excluding hydrogens is 280 g/mol. The quantitative estimate of drug-likeness (QED) is 0.837. The van der Waals surface area contributed by atoms with Crippen molar-refractivity contribution in [3.63, 3.8) is 0 Å². The zero-order chi connectivity index (χ0) is 12.8. The Bertz CT molecular complexity index is 451. The van der Waals surface area contributed by atoms with E-state index in [1.807, 2.05) is 25.1 Å². The average molecular weight is 295 g/mol. The first kappa shape index (κ1) is 13.6. The van der Waals surface area contributed by atoms with E-state index in [-0.39, 0.29) is 18.5 Å². The highest BCUT2D eigenvalue weighted by Crippen LogP contribution is 2.23. The zero-order valence-corrected chi connectivity index (χ0v) is 11.5. The van der Waals surface area contributed by atoms with Gasteiger partial charge in [-0.3, -0.25) is 4.79 Å². The largest absolute Gasteiger partial charge is 0.373 e. The molecule has 0 aliphatic rings. The second-order valence-electron chi connectivity index (χ2n) is 3.77. The van der Waals surface area contributed by atoms with Gasteiger partial charge < -0.3 is 10.6 Å². The lowest BCUT2D eigenvalue weighted by atomic mass is 10.2. The third-order valence-corrected chi connectivity index (χ3v) is 2.91. The molecule has 3 nitrogen and oxygen atoms in total. The highest BCUT2D eigenvalue weighted by Gasteiger charge is 2.12. The van der Waals surface area contributed by atoms with Crippen LogP contribution >= 0.6 is 15.9 Å². The maximum Gasteiger partial charge on any atom is 0.242 e. The minimum atomic E-state index is -0.331. The Morgan fingerprint density at radius 3 is 2.88 bits per heavy atom. The zero-order valence-electron chi connectivity index (χ0n) is 9.88. The number of rotatable bonds is 4. The number of hydrogen-bond acceptors (Lipinski definition) is 2.